The van der Waals surface area contributed by atoms with Crippen LogP contribution in [-0.4, -0.2) is 23.8 Å². The molecule has 0 unspecified atom stereocenters. The number of H-pyrrole nitrogens is 1. The fourth-order valence-electron chi connectivity index (χ4n) is 2.44. The molecule has 3 rings (SSSR count). The average molecular weight is 246 g/mol. The average Bonchev–Trinajstić information content (AvgIpc) is 2.79. The van der Waals surface area contributed by atoms with Gasteiger partial charge in [0.2, 0.25) is 0 Å². The number of nitrogens with one attached hydrogen (secondary N) is 1. The van der Waals surface area contributed by atoms with Crippen LogP contribution in [0.1, 0.15) is 5.56 Å². The Balaban J connectivity index is 2.24. The summed E-state index contributed by atoms with van der Waals surface area (Å²) in [6, 6.07) is 3.90. The first-order valence-electron chi connectivity index (χ1n) is 5.78. The fraction of sp³-hybridized carbons (Fsp3) is 0.308. The number of hydrogen-bond acceptors (Lipinski definition) is 3. The van der Waals surface area contributed by atoms with Crippen molar-refractivity contribution in [3.63, 3.8) is 0 Å². The third-order valence-corrected chi connectivity index (χ3v) is 3.36. The molecule has 0 bridgehead atoms. The number of ether oxygens (including phenoxy) is 2. The molecule has 0 spiro atoms. The highest BCUT2D eigenvalue weighted by Crippen LogP contribution is 2.37. The van der Waals surface area contributed by atoms with Crippen molar-refractivity contribution in [2.45, 2.75) is 13.0 Å². The van der Waals surface area contributed by atoms with E-state index in [1.807, 2.05) is 12.1 Å². The Hall–Kier alpha value is -2.17. The smallest absolute Gasteiger partial charge is 0.325 e. The van der Waals surface area contributed by atoms with E-state index in [4.69, 9.17) is 9.47 Å². The summed E-state index contributed by atoms with van der Waals surface area (Å²) in [5.74, 6) is 1.40. The third-order valence-electron chi connectivity index (χ3n) is 3.36. The molecule has 1 aliphatic heterocycles. The Morgan fingerprint density at radius 1 is 1.22 bits per heavy atom. The van der Waals surface area contributed by atoms with Gasteiger partial charge in [-0.15, -0.1) is 0 Å². The third kappa shape index (κ3) is 1.44. The highest BCUT2D eigenvalue weighted by atomic mass is 16.5. The molecule has 0 saturated heterocycles. The van der Waals surface area contributed by atoms with Crippen LogP contribution in [0.15, 0.2) is 23.1 Å². The minimum Gasteiger partial charge on any atom is -0.493 e. The van der Waals surface area contributed by atoms with Crippen LogP contribution in [0.3, 0.4) is 0 Å². The van der Waals surface area contributed by atoms with Gasteiger partial charge in [0.1, 0.15) is 0 Å². The Kier molecular flexibility index (Phi) is 2.40. The second-order valence-electron chi connectivity index (χ2n) is 4.25. The number of rotatable bonds is 2. The number of aryl methyl sites for hydroxylation is 1. The molecule has 1 N–H and O–H groups in total. The van der Waals surface area contributed by atoms with Crippen molar-refractivity contribution in [3.05, 3.63) is 34.4 Å². The summed E-state index contributed by atoms with van der Waals surface area (Å²) >= 11 is 0. The molecule has 0 aliphatic carbocycles. The minimum atomic E-state index is -0.0644. The molecular weight excluding hydrogens is 232 g/mol. The molecule has 5 nitrogen and oxygen atoms in total. The van der Waals surface area contributed by atoms with Gasteiger partial charge in [-0.05, 0) is 24.1 Å². The highest BCUT2D eigenvalue weighted by molar-refractivity contribution is 5.69. The summed E-state index contributed by atoms with van der Waals surface area (Å²) in [4.78, 5) is 14.3. The van der Waals surface area contributed by atoms with Gasteiger partial charge >= 0.3 is 5.69 Å². The van der Waals surface area contributed by atoms with Crippen molar-refractivity contribution in [2.24, 2.45) is 0 Å². The van der Waals surface area contributed by atoms with E-state index in [1.165, 1.54) is 5.56 Å². The monoisotopic (exact) mass is 246 g/mol. The maximum absolute atomic E-state index is 11.6. The lowest BCUT2D eigenvalue weighted by molar-refractivity contribution is 0.354. The first-order chi connectivity index (χ1) is 8.74. The molecule has 0 saturated carbocycles. The van der Waals surface area contributed by atoms with Crippen LogP contribution in [0, 0.1) is 0 Å². The molecule has 0 fully saturated rings. The van der Waals surface area contributed by atoms with Crippen LogP contribution in [0.25, 0.3) is 11.3 Å². The summed E-state index contributed by atoms with van der Waals surface area (Å²) in [6.45, 7) is 0.695. The van der Waals surface area contributed by atoms with E-state index in [0.717, 1.165) is 23.4 Å². The summed E-state index contributed by atoms with van der Waals surface area (Å²) in [6.07, 6.45) is 2.56. The zero-order valence-electron chi connectivity index (χ0n) is 10.3. The van der Waals surface area contributed by atoms with Gasteiger partial charge in [0.25, 0.3) is 0 Å². The van der Waals surface area contributed by atoms with Gasteiger partial charge in [-0.25, -0.2) is 4.79 Å². The van der Waals surface area contributed by atoms with Gasteiger partial charge in [0.15, 0.2) is 11.5 Å². The largest absolute Gasteiger partial charge is 0.493 e. The van der Waals surface area contributed by atoms with Crippen molar-refractivity contribution in [2.75, 3.05) is 14.2 Å². The zero-order valence-corrected chi connectivity index (χ0v) is 10.3. The van der Waals surface area contributed by atoms with Crippen LogP contribution in [0.4, 0.5) is 0 Å². The van der Waals surface area contributed by atoms with Crippen molar-refractivity contribution in [1.82, 2.24) is 9.55 Å². The number of imidazole rings is 1. The lowest BCUT2D eigenvalue weighted by atomic mass is 9.98. The van der Waals surface area contributed by atoms with E-state index >= 15 is 0 Å². The predicted molar refractivity (Wildman–Crippen MR) is 67.3 cm³/mol. The molecule has 1 aliphatic rings. The maximum Gasteiger partial charge on any atom is 0.325 e. The number of hydrogen-bond donors (Lipinski definition) is 1. The summed E-state index contributed by atoms with van der Waals surface area (Å²) in [5, 5.41) is 0. The van der Waals surface area contributed by atoms with Gasteiger partial charge in [-0.2, -0.15) is 0 Å². The van der Waals surface area contributed by atoms with Gasteiger partial charge < -0.3 is 14.5 Å². The molecule has 0 radical (unpaired) electrons. The van der Waals surface area contributed by atoms with Gasteiger partial charge in [-0.3, -0.25) is 4.57 Å². The Bertz CT molecular complexity index is 655. The van der Waals surface area contributed by atoms with E-state index in [0.29, 0.717) is 12.3 Å². The molecule has 18 heavy (non-hydrogen) atoms. The van der Waals surface area contributed by atoms with Crippen LogP contribution in [-0.2, 0) is 13.0 Å². The Morgan fingerprint density at radius 2 is 1.94 bits per heavy atom. The molecule has 94 valence electrons. The normalized spacial score (nSPS) is 12.8. The van der Waals surface area contributed by atoms with Crippen LogP contribution in [0.2, 0.25) is 0 Å². The predicted octanol–water partition coefficient (Wildman–Crippen LogP) is 1.42. The summed E-state index contributed by atoms with van der Waals surface area (Å²) in [5.41, 5.74) is 3.04. The van der Waals surface area contributed by atoms with Crippen LogP contribution < -0.4 is 15.2 Å². The first kappa shape index (κ1) is 11.0. The second-order valence-corrected chi connectivity index (χ2v) is 4.25. The topological polar surface area (TPSA) is 56.2 Å². The van der Waals surface area contributed by atoms with E-state index in [2.05, 4.69) is 4.98 Å². The first-order valence-corrected chi connectivity index (χ1v) is 5.78. The maximum atomic E-state index is 11.6. The lowest BCUT2D eigenvalue weighted by Gasteiger charge is -2.20. The molecule has 5 heteroatoms. The highest BCUT2D eigenvalue weighted by Gasteiger charge is 2.20. The second kappa shape index (κ2) is 3.94. The van der Waals surface area contributed by atoms with E-state index < -0.39 is 0 Å². The Labute approximate surface area is 104 Å². The standard InChI is InChI=1S/C13H14N2O3/c1-17-11-5-8-3-4-15-10(7-14-13(15)16)9(8)6-12(11)18-2/h5-7H,3-4H2,1-2H3,(H,14,16). The van der Waals surface area contributed by atoms with Gasteiger partial charge in [0, 0.05) is 18.3 Å². The van der Waals surface area contributed by atoms with Crippen molar-refractivity contribution in [3.8, 4) is 22.8 Å². The quantitative estimate of drug-likeness (QED) is 0.871. The van der Waals surface area contributed by atoms with Crippen molar-refractivity contribution < 1.29 is 9.47 Å². The molecule has 0 amide bonds. The zero-order chi connectivity index (χ0) is 12.7. The van der Waals surface area contributed by atoms with E-state index in [9.17, 15) is 4.79 Å². The SMILES string of the molecule is COc1cc2c(cc1OC)-c1c[nH]c(=O)n1CC2. The fourth-order valence-corrected chi connectivity index (χ4v) is 2.44. The van der Waals surface area contributed by atoms with Crippen LogP contribution in [0.5, 0.6) is 11.5 Å². The summed E-state index contributed by atoms with van der Waals surface area (Å²) < 4.78 is 12.3. The number of benzene rings is 1. The Morgan fingerprint density at radius 3 is 2.67 bits per heavy atom. The van der Waals surface area contributed by atoms with Crippen molar-refractivity contribution in [1.29, 1.82) is 0 Å². The molecular formula is C13H14N2O3. The number of methoxy groups -OCH3 is 2. The lowest BCUT2D eigenvalue weighted by Crippen LogP contribution is -2.22. The molecule has 1 aromatic carbocycles. The van der Waals surface area contributed by atoms with Gasteiger partial charge in [-0.1, -0.05) is 0 Å². The number of nitrogens with zero attached hydrogens (tertiary/aromatic N) is 1. The van der Waals surface area contributed by atoms with Crippen LogP contribution >= 0.6 is 0 Å². The molecule has 1 aromatic heterocycles. The molecule has 0 atom stereocenters. The minimum absolute atomic E-state index is 0.0644. The van der Waals surface area contributed by atoms with Crippen molar-refractivity contribution >= 4 is 0 Å². The summed E-state index contributed by atoms with van der Waals surface area (Å²) in [7, 11) is 3.23. The van der Waals surface area contributed by atoms with Gasteiger partial charge in [0.05, 0.1) is 19.9 Å². The number of aromatic amines is 1. The van der Waals surface area contributed by atoms with E-state index in [-0.39, 0.29) is 5.69 Å². The molecule has 2 aromatic rings. The number of aromatic nitrogens is 2. The van der Waals surface area contributed by atoms with E-state index in [1.54, 1.807) is 25.0 Å². The number of fused-ring (bicyclic) bond motifs is 3. The molecule has 2 heterocycles.